The van der Waals surface area contributed by atoms with Crippen LogP contribution in [0.25, 0.3) is 0 Å². The number of nitrogens with zero attached hydrogens (tertiary/aromatic N) is 1. The maximum absolute atomic E-state index is 12.8. The molecule has 0 aromatic carbocycles. The molecule has 0 unspecified atom stereocenters. The van der Waals surface area contributed by atoms with Crippen LogP contribution in [0.15, 0.2) is 12.3 Å². The largest absolute Gasteiger partial charge is 0.472 e. The number of rotatable bonds is 2. The predicted molar refractivity (Wildman–Crippen MR) is 54.1 cm³/mol. The van der Waals surface area contributed by atoms with Gasteiger partial charge in [0.25, 0.3) is 0 Å². The van der Waals surface area contributed by atoms with Gasteiger partial charge in [0.1, 0.15) is 11.4 Å². The van der Waals surface area contributed by atoms with Crippen LogP contribution < -0.4 is 4.74 Å². The number of alkyl halides is 1. The Kier molecular flexibility index (Phi) is 3.32. The van der Waals surface area contributed by atoms with Crippen molar-refractivity contribution < 1.29 is 9.13 Å². The van der Waals surface area contributed by atoms with E-state index in [0.29, 0.717) is 11.4 Å². The molecular weight excluding hydrogens is 205 g/mol. The number of hydrogen-bond acceptors (Lipinski definition) is 2. The molecule has 78 valence electrons. The van der Waals surface area contributed by atoms with Gasteiger partial charge in [0.15, 0.2) is 0 Å². The van der Waals surface area contributed by atoms with Crippen molar-refractivity contribution in [3.8, 4) is 5.88 Å². The molecule has 1 aromatic heterocycles. The highest BCUT2D eigenvalue weighted by molar-refractivity contribution is 6.17. The zero-order chi connectivity index (χ0) is 10.8. The molecular formula is C10H13ClFNO. The van der Waals surface area contributed by atoms with Crippen LogP contribution in [0.3, 0.4) is 0 Å². The minimum Gasteiger partial charge on any atom is -0.472 e. The fourth-order valence-electron chi connectivity index (χ4n) is 0.946. The molecule has 0 aliphatic rings. The van der Waals surface area contributed by atoms with E-state index in [1.54, 1.807) is 0 Å². The lowest BCUT2D eigenvalue weighted by Gasteiger charge is -2.21. The summed E-state index contributed by atoms with van der Waals surface area (Å²) >= 11 is 5.65. The molecule has 14 heavy (non-hydrogen) atoms. The monoisotopic (exact) mass is 217 g/mol. The molecule has 0 atom stereocenters. The second kappa shape index (κ2) is 4.13. The summed E-state index contributed by atoms with van der Waals surface area (Å²) in [6, 6.07) is 1.33. The van der Waals surface area contributed by atoms with Crippen LogP contribution in [0, 0.1) is 5.82 Å². The minimum absolute atomic E-state index is 0.191. The van der Waals surface area contributed by atoms with E-state index in [1.807, 2.05) is 20.8 Å². The first-order valence-corrected chi connectivity index (χ1v) is 4.85. The predicted octanol–water partition coefficient (Wildman–Crippen LogP) is 3.14. The van der Waals surface area contributed by atoms with E-state index < -0.39 is 5.82 Å². The summed E-state index contributed by atoms with van der Waals surface area (Å²) in [5.41, 5.74) is 0.215. The van der Waals surface area contributed by atoms with Gasteiger partial charge in [0, 0.05) is 5.56 Å². The Balaban J connectivity index is 2.97. The van der Waals surface area contributed by atoms with Gasteiger partial charge in [0.05, 0.1) is 12.1 Å². The van der Waals surface area contributed by atoms with Crippen molar-refractivity contribution >= 4 is 11.6 Å². The van der Waals surface area contributed by atoms with Crippen molar-refractivity contribution in [3.05, 3.63) is 23.6 Å². The maximum atomic E-state index is 12.8. The van der Waals surface area contributed by atoms with E-state index in [-0.39, 0.29) is 11.5 Å². The van der Waals surface area contributed by atoms with E-state index in [1.165, 1.54) is 6.07 Å². The summed E-state index contributed by atoms with van der Waals surface area (Å²) in [6.45, 7) is 5.70. The summed E-state index contributed by atoms with van der Waals surface area (Å²) in [4.78, 5) is 3.85. The highest BCUT2D eigenvalue weighted by atomic mass is 35.5. The quantitative estimate of drug-likeness (QED) is 0.710. The zero-order valence-corrected chi connectivity index (χ0v) is 9.23. The zero-order valence-electron chi connectivity index (χ0n) is 8.47. The number of aromatic nitrogens is 1. The summed E-state index contributed by atoms with van der Waals surface area (Å²) < 4.78 is 18.3. The van der Waals surface area contributed by atoms with Crippen LogP contribution >= 0.6 is 11.6 Å². The Morgan fingerprint density at radius 3 is 2.64 bits per heavy atom. The standard InChI is InChI=1S/C10H13ClFNO/c1-10(2,3)14-9-7(5-11)4-8(12)6-13-9/h4,6H,5H2,1-3H3. The molecule has 0 saturated carbocycles. The van der Waals surface area contributed by atoms with E-state index in [0.717, 1.165) is 6.20 Å². The topological polar surface area (TPSA) is 22.1 Å². The molecule has 0 radical (unpaired) electrons. The lowest BCUT2D eigenvalue weighted by atomic mass is 10.2. The SMILES string of the molecule is CC(C)(C)Oc1ncc(F)cc1CCl. The molecule has 0 saturated heterocycles. The third kappa shape index (κ3) is 3.14. The van der Waals surface area contributed by atoms with Crippen molar-refractivity contribution in [2.75, 3.05) is 0 Å². The van der Waals surface area contributed by atoms with E-state index in [9.17, 15) is 4.39 Å². The van der Waals surface area contributed by atoms with Gasteiger partial charge in [-0.2, -0.15) is 0 Å². The lowest BCUT2D eigenvalue weighted by Crippen LogP contribution is -2.24. The lowest BCUT2D eigenvalue weighted by molar-refractivity contribution is 0.122. The Morgan fingerprint density at radius 1 is 1.50 bits per heavy atom. The second-order valence-corrected chi connectivity index (χ2v) is 4.23. The molecule has 0 aliphatic carbocycles. The highest BCUT2D eigenvalue weighted by Gasteiger charge is 2.15. The molecule has 0 N–H and O–H groups in total. The third-order valence-corrected chi connectivity index (χ3v) is 1.73. The van der Waals surface area contributed by atoms with Crippen molar-refractivity contribution in [3.63, 3.8) is 0 Å². The van der Waals surface area contributed by atoms with Gasteiger partial charge in [-0.15, -0.1) is 11.6 Å². The van der Waals surface area contributed by atoms with Crippen molar-refractivity contribution in [2.45, 2.75) is 32.3 Å². The van der Waals surface area contributed by atoms with Gasteiger partial charge in [-0.1, -0.05) is 0 Å². The van der Waals surface area contributed by atoms with Gasteiger partial charge in [-0.25, -0.2) is 9.37 Å². The molecule has 0 spiro atoms. The molecule has 0 aliphatic heterocycles. The van der Waals surface area contributed by atoms with Crippen LogP contribution in [-0.4, -0.2) is 10.6 Å². The number of hydrogen-bond donors (Lipinski definition) is 0. The minimum atomic E-state index is -0.401. The smallest absolute Gasteiger partial charge is 0.218 e. The molecule has 1 heterocycles. The highest BCUT2D eigenvalue weighted by Crippen LogP contribution is 2.22. The van der Waals surface area contributed by atoms with Crippen molar-refractivity contribution in [1.82, 2.24) is 4.98 Å². The van der Waals surface area contributed by atoms with E-state index in [4.69, 9.17) is 16.3 Å². The first-order valence-electron chi connectivity index (χ1n) is 4.32. The Hall–Kier alpha value is -0.830. The first-order chi connectivity index (χ1) is 6.42. The average Bonchev–Trinajstić information content (AvgIpc) is 2.06. The molecule has 0 fully saturated rings. The Labute approximate surface area is 88.1 Å². The summed E-state index contributed by atoms with van der Waals surface area (Å²) in [7, 11) is 0. The summed E-state index contributed by atoms with van der Waals surface area (Å²) in [5, 5.41) is 0. The van der Waals surface area contributed by atoms with Crippen LogP contribution in [0.4, 0.5) is 4.39 Å². The van der Waals surface area contributed by atoms with Crippen LogP contribution in [-0.2, 0) is 5.88 Å². The van der Waals surface area contributed by atoms with Gasteiger partial charge >= 0.3 is 0 Å². The van der Waals surface area contributed by atoms with Gasteiger partial charge in [-0.05, 0) is 26.8 Å². The number of halogens is 2. The fraction of sp³-hybridized carbons (Fsp3) is 0.500. The molecule has 1 rings (SSSR count). The van der Waals surface area contributed by atoms with Gasteiger partial charge < -0.3 is 4.74 Å². The number of pyridine rings is 1. The first kappa shape index (κ1) is 11.2. The third-order valence-electron chi connectivity index (χ3n) is 1.44. The second-order valence-electron chi connectivity index (χ2n) is 3.97. The maximum Gasteiger partial charge on any atom is 0.218 e. The van der Waals surface area contributed by atoms with E-state index in [2.05, 4.69) is 4.98 Å². The van der Waals surface area contributed by atoms with Gasteiger partial charge in [0.2, 0.25) is 5.88 Å². The van der Waals surface area contributed by atoms with Crippen LogP contribution in [0.1, 0.15) is 26.3 Å². The van der Waals surface area contributed by atoms with Crippen LogP contribution in [0.5, 0.6) is 5.88 Å². The average molecular weight is 218 g/mol. The number of ether oxygens (including phenoxy) is 1. The normalized spacial score (nSPS) is 11.5. The molecule has 4 heteroatoms. The van der Waals surface area contributed by atoms with E-state index >= 15 is 0 Å². The van der Waals surface area contributed by atoms with Gasteiger partial charge in [-0.3, -0.25) is 0 Å². The fourth-order valence-corrected chi connectivity index (χ4v) is 1.14. The Morgan fingerprint density at radius 2 is 2.14 bits per heavy atom. The Bertz CT molecular complexity index is 322. The molecule has 0 amide bonds. The van der Waals surface area contributed by atoms with Crippen molar-refractivity contribution in [2.24, 2.45) is 0 Å². The molecule has 2 nitrogen and oxygen atoms in total. The van der Waals surface area contributed by atoms with Crippen LogP contribution in [0.2, 0.25) is 0 Å². The molecule has 0 bridgehead atoms. The summed E-state index contributed by atoms with van der Waals surface area (Å²) in [6.07, 6.45) is 1.12. The summed E-state index contributed by atoms with van der Waals surface area (Å²) in [5.74, 6) is 0.187. The molecule has 1 aromatic rings. The van der Waals surface area contributed by atoms with Crippen molar-refractivity contribution in [1.29, 1.82) is 0 Å².